The Kier molecular flexibility index (Phi) is 6.66. The second-order valence-electron chi connectivity index (χ2n) is 5.20. The molecule has 0 fully saturated rings. The zero-order chi connectivity index (χ0) is 15.1. The monoisotopic (exact) mass is 369 g/mol. The van der Waals surface area contributed by atoms with Crippen molar-refractivity contribution in [2.75, 3.05) is 13.1 Å². The number of halogens is 1. The lowest BCUT2D eigenvalue weighted by molar-refractivity contribution is 0.482. The third kappa shape index (κ3) is 5.76. The smallest absolute Gasteiger partial charge is 0.209 e. The number of rotatable bonds is 8. The fraction of sp³-hybridized carbons (Fsp3) is 0.500. The van der Waals surface area contributed by atoms with Gasteiger partial charge in [0.1, 0.15) is 0 Å². The van der Waals surface area contributed by atoms with Gasteiger partial charge in [0.2, 0.25) is 5.16 Å². The number of benzene rings is 1. The summed E-state index contributed by atoms with van der Waals surface area (Å²) in [5.74, 6) is 1.53. The van der Waals surface area contributed by atoms with Crippen LogP contribution in [-0.2, 0) is 12.3 Å². The molecule has 0 aliphatic carbocycles. The maximum absolute atomic E-state index is 4.09. The molecular weight excluding hydrogens is 350 g/mol. The molecule has 21 heavy (non-hydrogen) atoms. The van der Waals surface area contributed by atoms with Crippen LogP contribution in [0.15, 0.2) is 33.9 Å². The molecule has 0 bridgehead atoms. The SMILES string of the molecule is CC(C)CNCCn1nnnc1SCc1ccc(Br)cc1. The number of tetrazole rings is 1. The second-order valence-corrected chi connectivity index (χ2v) is 7.06. The number of nitrogens with one attached hydrogen (secondary N) is 1. The molecule has 0 amide bonds. The van der Waals surface area contributed by atoms with Crippen LogP contribution in [0.1, 0.15) is 19.4 Å². The van der Waals surface area contributed by atoms with Gasteiger partial charge in [-0.1, -0.05) is 53.7 Å². The zero-order valence-electron chi connectivity index (χ0n) is 12.3. The topological polar surface area (TPSA) is 55.6 Å². The highest BCUT2D eigenvalue weighted by atomic mass is 79.9. The van der Waals surface area contributed by atoms with Crippen molar-refractivity contribution in [2.24, 2.45) is 5.92 Å². The molecule has 2 aromatic rings. The quantitative estimate of drug-likeness (QED) is 0.572. The average Bonchev–Trinajstić information content (AvgIpc) is 2.90. The van der Waals surface area contributed by atoms with Crippen molar-refractivity contribution in [1.29, 1.82) is 0 Å². The molecule has 7 heteroatoms. The Labute approximate surface area is 138 Å². The van der Waals surface area contributed by atoms with Gasteiger partial charge in [-0.2, -0.15) is 0 Å². The van der Waals surface area contributed by atoms with Crippen LogP contribution in [0.25, 0.3) is 0 Å². The van der Waals surface area contributed by atoms with E-state index < -0.39 is 0 Å². The summed E-state index contributed by atoms with van der Waals surface area (Å²) in [7, 11) is 0. The lowest BCUT2D eigenvalue weighted by Gasteiger charge is -2.08. The fourth-order valence-electron chi connectivity index (χ4n) is 1.74. The van der Waals surface area contributed by atoms with Gasteiger partial charge in [-0.3, -0.25) is 0 Å². The molecule has 0 radical (unpaired) electrons. The van der Waals surface area contributed by atoms with E-state index in [-0.39, 0.29) is 0 Å². The Bertz CT molecular complexity index is 541. The minimum Gasteiger partial charge on any atom is -0.315 e. The van der Waals surface area contributed by atoms with Crippen LogP contribution in [0, 0.1) is 5.92 Å². The van der Waals surface area contributed by atoms with Crippen LogP contribution in [0.4, 0.5) is 0 Å². The first kappa shape index (κ1) is 16.5. The molecule has 1 aromatic carbocycles. The number of thioether (sulfide) groups is 1. The number of nitrogens with zero attached hydrogens (tertiary/aromatic N) is 4. The van der Waals surface area contributed by atoms with Crippen molar-refractivity contribution in [2.45, 2.75) is 31.3 Å². The fourth-order valence-corrected chi connectivity index (χ4v) is 2.87. The Hall–Kier alpha value is -0.920. The molecule has 1 aromatic heterocycles. The van der Waals surface area contributed by atoms with E-state index in [1.165, 1.54) is 5.56 Å². The van der Waals surface area contributed by atoms with Gasteiger partial charge in [0.25, 0.3) is 0 Å². The predicted octanol–water partition coefficient (Wildman–Crippen LogP) is 2.97. The van der Waals surface area contributed by atoms with Crippen LogP contribution < -0.4 is 5.32 Å². The maximum atomic E-state index is 4.09. The van der Waals surface area contributed by atoms with Crippen molar-refractivity contribution in [3.8, 4) is 0 Å². The molecule has 0 aliphatic rings. The first-order chi connectivity index (χ1) is 10.1. The van der Waals surface area contributed by atoms with E-state index in [0.29, 0.717) is 5.92 Å². The van der Waals surface area contributed by atoms with Gasteiger partial charge in [0.05, 0.1) is 6.54 Å². The first-order valence-corrected chi connectivity index (χ1v) is 8.77. The van der Waals surface area contributed by atoms with Crippen molar-refractivity contribution < 1.29 is 0 Å². The molecule has 114 valence electrons. The third-order valence-electron chi connectivity index (χ3n) is 2.83. The highest BCUT2D eigenvalue weighted by molar-refractivity contribution is 9.10. The minimum atomic E-state index is 0.658. The number of aromatic nitrogens is 4. The molecule has 0 atom stereocenters. The Balaban J connectivity index is 1.81. The molecule has 0 aliphatic heterocycles. The molecule has 1 N–H and O–H groups in total. The van der Waals surface area contributed by atoms with E-state index in [2.05, 4.69) is 74.9 Å². The molecular formula is C14H20BrN5S. The van der Waals surface area contributed by atoms with E-state index in [0.717, 1.165) is 35.0 Å². The molecule has 2 rings (SSSR count). The Morgan fingerprint density at radius 3 is 2.76 bits per heavy atom. The summed E-state index contributed by atoms with van der Waals surface area (Å²) in [6.07, 6.45) is 0. The van der Waals surface area contributed by atoms with Crippen LogP contribution >= 0.6 is 27.7 Å². The zero-order valence-corrected chi connectivity index (χ0v) is 14.7. The number of hydrogen-bond acceptors (Lipinski definition) is 5. The molecule has 0 saturated heterocycles. The van der Waals surface area contributed by atoms with E-state index >= 15 is 0 Å². The van der Waals surface area contributed by atoms with Gasteiger partial charge < -0.3 is 5.32 Å². The summed E-state index contributed by atoms with van der Waals surface area (Å²) in [4.78, 5) is 0. The maximum Gasteiger partial charge on any atom is 0.209 e. The third-order valence-corrected chi connectivity index (χ3v) is 4.39. The highest BCUT2D eigenvalue weighted by Gasteiger charge is 2.07. The average molecular weight is 370 g/mol. The predicted molar refractivity (Wildman–Crippen MR) is 89.2 cm³/mol. The molecule has 0 saturated carbocycles. The largest absolute Gasteiger partial charge is 0.315 e. The van der Waals surface area contributed by atoms with Crippen LogP contribution in [0.2, 0.25) is 0 Å². The summed E-state index contributed by atoms with van der Waals surface area (Å²) in [5, 5.41) is 16.2. The van der Waals surface area contributed by atoms with E-state index in [4.69, 9.17) is 0 Å². The van der Waals surface area contributed by atoms with Crippen molar-refractivity contribution in [3.63, 3.8) is 0 Å². The molecule has 5 nitrogen and oxygen atoms in total. The minimum absolute atomic E-state index is 0.658. The van der Waals surface area contributed by atoms with Crippen molar-refractivity contribution in [1.82, 2.24) is 25.5 Å². The molecule has 1 heterocycles. The summed E-state index contributed by atoms with van der Waals surface area (Å²) in [6.45, 7) is 7.09. The summed E-state index contributed by atoms with van der Waals surface area (Å²) < 4.78 is 2.95. The van der Waals surface area contributed by atoms with E-state index in [1.54, 1.807) is 11.8 Å². The molecule has 0 unspecified atom stereocenters. The van der Waals surface area contributed by atoms with Crippen LogP contribution in [-0.4, -0.2) is 33.3 Å². The standard InChI is InChI=1S/C14H20BrN5S/c1-11(2)9-16-7-8-20-14(17-18-19-20)21-10-12-3-5-13(15)6-4-12/h3-6,11,16H,7-10H2,1-2H3. The lowest BCUT2D eigenvalue weighted by Crippen LogP contribution is -2.24. The Morgan fingerprint density at radius 1 is 1.29 bits per heavy atom. The summed E-state index contributed by atoms with van der Waals surface area (Å²) in [6, 6.07) is 8.31. The highest BCUT2D eigenvalue weighted by Crippen LogP contribution is 2.21. The van der Waals surface area contributed by atoms with Gasteiger partial charge in [-0.15, -0.1) is 5.10 Å². The molecule has 0 spiro atoms. The van der Waals surface area contributed by atoms with Crippen molar-refractivity contribution in [3.05, 3.63) is 34.3 Å². The normalized spacial score (nSPS) is 11.2. The van der Waals surface area contributed by atoms with Gasteiger partial charge in [0.15, 0.2) is 0 Å². The van der Waals surface area contributed by atoms with Gasteiger partial charge in [0, 0.05) is 16.8 Å². The van der Waals surface area contributed by atoms with Crippen LogP contribution in [0.3, 0.4) is 0 Å². The van der Waals surface area contributed by atoms with Crippen molar-refractivity contribution >= 4 is 27.7 Å². The summed E-state index contributed by atoms with van der Waals surface area (Å²) >= 11 is 5.10. The first-order valence-electron chi connectivity index (χ1n) is 6.99. The van der Waals surface area contributed by atoms with Gasteiger partial charge >= 0.3 is 0 Å². The number of hydrogen-bond donors (Lipinski definition) is 1. The van der Waals surface area contributed by atoms with E-state index in [9.17, 15) is 0 Å². The Morgan fingerprint density at radius 2 is 2.05 bits per heavy atom. The van der Waals surface area contributed by atoms with Gasteiger partial charge in [-0.25, -0.2) is 4.68 Å². The lowest BCUT2D eigenvalue weighted by atomic mass is 10.2. The van der Waals surface area contributed by atoms with Gasteiger partial charge in [-0.05, 0) is 40.6 Å². The van der Waals surface area contributed by atoms with Crippen LogP contribution in [0.5, 0.6) is 0 Å². The summed E-state index contributed by atoms with van der Waals surface area (Å²) in [5.41, 5.74) is 1.26. The van der Waals surface area contributed by atoms with E-state index in [1.807, 2.05) is 4.68 Å². The second kappa shape index (κ2) is 8.51.